The Kier molecular flexibility index (Phi) is 4.42. The summed E-state index contributed by atoms with van der Waals surface area (Å²) in [6.45, 7) is 2.00. The van der Waals surface area contributed by atoms with Crippen molar-refractivity contribution in [1.29, 1.82) is 0 Å². The minimum Gasteiger partial charge on any atom is -0.485 e. The maximum atomic E-state index is 10.6. The number of carbonyl (C=O) groups is 1. The van der Waals surface area contributed by atoms with Crippen LogP contribution in [0.2, 0.25) is 5.02 Å². The van der Waals surface area contributed by atoms with E-state index in [0.29, 0.717) is 22.1 Å². The van der Waals surface area contributed by atoms with Gasteiger partial charge in [0.05, 0.1) is 10.7 Å². The van der Waals surface area contributed by atoms with E-state index in [-0.39, 0.29) is 6.61 Å². The third-order valence-electron chi connectivity index (χ3n) is 2.45. The van der Waals surface area contributed by atoms with E-state index in [2.05, 4.69) is 5.16 Å². The number of rotatable bonds is 5. The first-order valence-corrected chi connectivity index (χ1v) is 6.18. The average molecular weight is 294 g/mol. The fourth-order valence-corrected chi connectivity index (χ4v) is 1.82. The molecule has 5 nitrogen and oxygen atoms in total. The van der Waals surface area contributed by atoms with Gasteiger partial charge in [-0.05, 0) is 25.1 Å². The molecule has 0 atom stereocenters. The first kappa shape index (κ1) is 14.1. The van der Waals surface area contributed by atoms with Crippen LogP contribution in [-0.2, 0) is 11.4 Å². The fourth-order valence-electron chi connectivity index (χ4n) is 1.59. The summed E-state index contributed by atoms with van der Waals surface area (Å²) in [7, 11) is 0. The lowest BCUT2D eigenvalue weighted by molar-refractivity contribution is -0.131. The topological polar surface area (TPSA) is 72.6 Å². The fraction of sp³-hybridized carbons (Fsp3) is 0.143. The molecule has 0 aliphatic rings. The first-order valence-electron chi connectivity index (χ1n) is 5.81. The van der Waals surface area contributed by atoms with E-state index in [1.165, 1.54) is 6.08 Å². The summed E-state index contributed by atoms with van der Waals surface area (Å²) >= 11 is 6.04. The number of hydrogen-bond acceptors (Lipinski definition) is 4. The van der Waals surface area contributed by atoms with E-state index in [4.69, 9.17) is 26.0 Å². The minimum atomic E-state index is -1.05. The first-order chi connectivity index (χ1) is 9.56. The van der Waals surface area contributed by atoms with Gasteiger partial charge >= 0.3 is 5.97 Å². The summed E-state index contributed by atoms with van der Waals surface area (Å²) in [6.07, 6.45) is 2.40. The highest BCUT2D eigenvalue weighted by atomic mass is 35.5. The van der Waals surface area contributed by atoms with Crippen LogP contribution in [-0.4, -0.2) is 16.2 Å². The van der Waals surface area contributed by atoms with Crippen LogP contribution >= 0.6 is 11.6 Å². The molecule has 0 aliphatic heterocycles. The van der Waals surface area contributed by atoms with Gasteiger partial charge in [0.15, 0.2) is 5.76 Å². The average Bonchev–Trinajstić information content (AvgIpc) is 2.81. The van der Waals surface area contributed by atoms with Crippen LogP contribution in [0.25, 0.3) is 6.08 Å². The Balaban J connectivity index is 2.18. The number of benzene rings is 1. The highest BCUT2D eigenvalue weighted by Crippen LogP contribution is 2.28. The van der Waals surface area contributed by atoms with Crippen molar-refractivity contribution in [2.24, 2.45) is 0 Å². The summed E-state index contributed by atoms with van der Waals surface area (Å²) in [4.78, 5) is 10.6. The van der Waals surface area contributed by atoms with Crippen molar-refractivity contribution >= 4 is 23.6 Å². The number of nitrogens with zero attached hydrogens (tertiary/aromatic N) is 1. The quantitative estimate of drug-likeness (QED) is 0.856. The Bertz CT molecular complexity index is 648. The van der Waals surface area contributed by atoms with Gasteiger partial charge in [0.25, 0.3) is 0 Å². The Labute approximate surface area is 120 Å². The normalized spacial score (nSPS) is 10.9. The van der Waals surface area contributed by atoms with Gasteiger partial charge in [-0.3, -0.25) is 0 Å². The lowest BCUT2D eigenvalue weighted by Gasteiger charge is -2.08. The number of carboxylic acid groups (broad SMARTS) is 1. The smallest absolute Gasteiger partial charge is 0.328 e. The number of halogens is 1. The molecular weight excluding hydrogens is 282 g/mol. The third-order valence-corrected chi connectivity index (χ3v) is 2.78. The molecule has 2 rings (SSSR count). The number of carboxylic acids is 1. The van der Waals surface area contributed by atoms with Crippen LogP contribution in [0.1, 0.15) is 17.0 Å². The Hall–Kier alpha value is -2.27. The zero-order valence-corrected chi connectivity index (χ0v) is 11.4. The van der Waals surface area contributed by atoms with Crippen molar-refractivity contribution in [3.8, 4) is 5.75 Å². The van der Waals surface area contributed by atoms with Gasteiger partial charge in [-0.1, -0.05) is 22.8 Å². The van der Waals surface area contributed by atoms with Crippen LogP contribution in [0.5, 0.6) is 5.75 Å². The molecule has 0 unspecified atom stereocenters. The van der Waals surface area contributed by atoms with Crippen LogP contribution in [0, 0.1) is 6.92 Å². The van der Waals surface area contributed by atoms with Crippen molar-refractivity contribution in [3.05, 3.63) is 52.4 Å². The van der Waals surface area contributed by atoms with Crippen LogP contribution in [0.4, 0.5) is 0 Å². The van der Waals surface area contributed by atoms with Gasteiger partial charge in [0, 0.05) is 17.7 Å². The molecular formula is C14H12ClNO4. The van der Waals surface area contributed by atoms with E-state index in [9.17, 15) is 4.79 Å². The SMILES string of the molecule is Cc1cc(COc2cccc(Cl)c2/C=C/C(=O)O)on1. The van der Waals surface area contributed by atoms with Crippen LogP contribution < -0.4 is 4.74 Å². The van der Waals surface area contributed by atoms with E-state index >= 15 is 0 Å². The Morgan fingerprint density at radius 1 is 1.55 bits per heavy atom. The van der Waals surface area contributed by atoms with Gasteiger partial charge in [-0.25, -0.2) is 4.79 Å². The predicted octanol–water partition coefficient (Wildman–Crippen LogP) is 3.31. The standard InChI is InChI=1S/C14H12ClNO4/c1-9-7-10(20-16-9)8-19-13-4-2-3-12(15)11(13)5-6-14(17)18/h2-7H,8H2,1H3,(H,17,18)/b6-5+. The monoisotopic (exact) mass is 293 g/mol. The van der Waals surface area contributed by atoms with Gasteiger partial charge in [0.2, 0.25) is 0 Å². The minimum absolute atomic E-state index is 0.190. The zero-order chi connectivity index (χ0) is 14.5. The number of ether oxygens (including phenoxy) is 1. The molecule has 20 heavy (non-hydrogen) atoms. The van der Waals surface area contributed by atoms with Crippen molar-refractivity contribution < 1.29 is 19.2 Å². The van der Waals surface area contributed by atoms with Crippen LogP contribution in [0.15, 0.2) is 34.9 Å². The maximum absolute atomic E-state index is 10.6. The van der Waals surface area contributed by atoms with Gasteiger partial charge in [-0.2, -0.15) is 0 Å². The summed E-state index contributed by atoms with van der Waals surface area (Å²) in [5.41, 5.74) is 1.27. The molecule has 1 aromatic heterocycles. The largest absolute Gasteiger partial charge is 0.485 e. The second kappa shape index (κ2) is 6.25. The molecule has 2 aromatic rings. The Morgan fingerprint density at radius 3 is 3.00 bits per heavy atom. The molecule has 0 spiro atoms. The zero-order valence-electron chi connectivity index (χ0n) is 10.7. The van der Waals surface area contributed by atoms with E-state index < -0.39 is 5.97 Å². The van der Waals surface area contributed by atoms with Gasteiger partial charge in [-0.15, -0.1) is 0 Å². The molecule has 1 heterocycles. The van der Waals surface area contributed by atoms with Crippen molar-refractivity contribution in [1.82, 2.24) is 5.16 Å². The molecule has 0 fully saturated rings. The molecule has 1 N–H and O–H groups in total. The molecule has 0 aliphatic carbocycles. The molecule has 0 saturated carbocycles. The summed E-state index contributed by atoms with van der Waals surface area (Å²) in [5, 5.41) is 12.8. The predicted molar refractivity (Wildman–Crippen MR) is 73.7 cm³/mol. The molecule has 104 valence electrons. The summed E-state index contributed by atoms with van der Waals surface area (Å²) in [5.74, 6) is 0.00132. The highest BCUT2D eigenvalue weighted by Gasteiger charge is 2.08. The molecule has 0 saturated heterocycles. The summed E-state index contributed by atoms with van der Waals surface area (Å²) < 4.78 is 10.6. The second-order valence-electron chi connectivity index (χ2n) is 4.05. The molecule has 0 radical (unpaired) electrons. The van der Waals surface area contributed by atoms with Crippen molar-refractivity contribution in [3.63, 3.8) is 0 Å². The number of aliphatic carboxylic acids is 1. The van der Waals surface area contributed by atoms with Crippen molar-refractivity contribution in [2.45, 2.75) is 13.5 Å². The van der Waals surface area contributed by atoms with E-state index in [0.717, 1.165) is 11.8 Å². The maximum Gasteiger partial charge on any atom is 0.328 e. The number of aromatic nitrogens is 1. The van der Waals surface area contributed by atoms with E-state index in [1.54, 1.807) is 24.3 Å². The molecule has 1 aromatic carbocycles. The molecule has 6 heteroatoms. The summed E-state index contributed by atoms with van der Waals surface area (Å²) in [6, 6.07) is 6.85. The van der Waals surface area contributed by atoms with Gasteiger partial charge in [0.1, 0.15) is 12.4 Å². The second-order valence-corrected chi connectivity index (χ2v) is 4.45. The third kappa shape index (κ3) is 3.61. The lowest BCUT2D eigenvalue weighted by atomic mass is 10.2. The van der Waals surface area contributed by atoms with Crippen molar-refractivity contribution in [2.75, 3.05) is 0 Å². The van der Waals surface area contributed by atoms with E-state index in [1.807, 2.05) is 6.92 Å². The molecule has 0 amide bonds. The van der Waals surface area contributed by atoms with Gasteiger partial charge < -0.3 is 14.4 Å². The molecule has 0 bridgehead atoms. The number of hydrogen-bond donors (Lipinski definition) is 1. The lowest BCUT2D eigenvalue weighted by Crippen LogP contribution is -1.96. The Morgan fingerprint density at radius 2 is 2.35 bits per heavy atom. The van der Waals surface area contributed by atoms with Crippen LogP contribution in [0.3, 0.4) is 0 Å². The number of aryl methyl sites for hydroxylation is 1. The highest BCUT2D eigenvalue weighted by molar-refractivity contribution is 6.32.